The number of piperazine rings is 1. The second-order valence-electron chi connectivity index (χ2n) is 5.77. The number of thiophene rings is 1. The molecule has 2 heterocycles. The Balaban J connectivity index is 1.53. The lowest BCUT2D eigenvalue weighted by molar-refractivity contribution is -0.384. The predicted octanol–water partition coefficient (Wildman–Crippen LogP) is 1.73. The van der Waals surface area contributed by atoms with Crippen molar-refractivity contribution in [1.29, 1.82) is 0 Å². The number of amides is 2. The fourth-order valence-electron chi connectivity index (χ4n) is 2.85. The van der Waals surface area contributed by atoms with Crippen molar-refractivity contribution in [2.24, 2.45) is 0 Å². The van der Waals surface area contributed by atoms with Gasteiger partial charge in [-0.25, -0.2) is 0 Å². The van der Waals surface area contributed by atoms with Crippen LogP contribution in [-0.4, -0.2) is 54.4 Å². The molecule has 8 nitrogen and oxygen atoms in total. The van der Waals surface area contributed by atoms with E-state index in [9.17, 15) is 19.7 Å². The topological polar surface area (TPSA) is 95.8 Å². The lowest BCUT2D eigenvalue weighted by Gasteiger charge is -2.35. The number of carbonyl (C=O) groups excluding carboxylic acids is 2. The van der Waals surface area contributed by atoms with Gasteiger partial charge in [-0.3, -0.25) is 19.7 Å². The SMILES string of the molecule is O=C(NCC(=O)N1CCN(c2ccccc2[N+](=O)[O-])CC1)c1cccs1. The van der Waals surface area contributed by atoms with Crippen molar-refractivity contribution in [2.45, 2.75) is 0 Å². The Kier molecular flexibility index (Phi) is 5.47. The number of hydrogen-bond acceptors (Lipinski definition) is 6. The first-order chi connectivity index (χ1) is 12.6. The average Bonchev–Trinajstić information content (AvgIpc) is 3.21. The van der Waals surface area contributed by atoms with Gasteiger partial charge in [-0.2, -0.15) is 0 Å². The molecule has 0 unspecified atom stereocenters. The van der Waals surface area contributed by atoms with Crippen LogP contribution >= 0.6 is 11.3 Å². The Hall–Kier alpha value is -2.94. The summed E-state index contributed by atoms with van der Waals surface area (Å²) in [6, 6.07) is 10.1. The van der Waals surface area contributed by atoms with Crippen molar-refractivity contribution < 1.29 is 14.5 Å². The average molecular weight is 374 g/mol. The summed E-state index contributed by atoms with van der Waals surface area (Å²) in [5.74, 6) is -0.413. The summed E-state index contributed by atoms with van der Waals surface area (Å²) >= 11 is 1.32. The number of anilines is 1. The van der Waals surface area contributed by atoms with E-state index in [2.05, 4.69) is 5.32 Å². The van der Waals surface area contributed by atoms with Crippen LogP contribution in [0.15, 0.2) is 41.8 Å². The number of para-hydroxylation sites is 2. The maximum absolute atomic E-state index is 12.3. The van der Waals surface area contributed by atoms with Gasteiger partial charge in [0.25, 0.3) is 11.6 Å². The fraction of sp³-hybridized carbons (Fsp3) is 0.294. The van der Waals surface area contributed by atoms with Gasteiger partial charge in [-0.1, -0.05) is 18.2 Å². The molecule has 0 radical (unpaired) electrons. The van der Waals surface area contributed by atoms with Crippen molar-refractivity contribution in [3.63, 3.8) is 0 Å². The normalized spacial score (nSPS) is 14.2. The van der Waals surface area contributed by atoms with Crippen molar-refractivity contribution in [3.05, 3.63) is 56.8 Å². The molecule has 0 atom stereocenters. The Labute approximate surface area is 154 Å². The molecular formula is C17H18N4O4S. The van der Waals surface area contributed by atoms with Crippen molar-refractivity contribution in [2.75, 3.05) is 37.6 Å². The highest BCUT2D eigenvalue weighted by molar-refractivity contribution is 7.12. The molecule has 136 valence electrons. The van der Waals surface area contributed by atoms with E-state index in [1.165, 1.54) is 17.4 Å². The summed E-state index contributed by atoms with van der Waals surface area (Å²) in [5.41, 5.74) is 0.631. The molecule has 1 aromatic carbocycles. The van der Waals surface area contributed by atoms with Gasteiger partial charge in [0.1, 0.15) is 5.69 Å². The van der Waals surface area contributed by atoms with Gasteiger partial charge in [0.2, 0.25) is 5.91 Å². The highest BCUT2D eigenvalue weighted by Crippen LogP contribution is 2.28. The van der Waals surface area contributed by atoms with Crippen molar-refractivity contribution in [3.8, 4) is 0 Å². The third-order valence-corrected chi connectivity index (χ3v) is 5.07. The minimum Gasteiger partial charge on any atom is -0.362 e. The van der Waals surface area contributed by atoms with Crippen LogP contribution in [0.5, 0.6) is 0 Å². The number of nitro groups is 1. The summed E-state index contributed by atoms with van der Waals surface area (Å²) in [4.78, 5) is 39.1. The maximum Gasteiger partial charge on any atom is 0.292 e. The monoisotopic (exact) mass is 374 g/mol. The van der Waals surface area contributed by atoms with E-state index in [1.807, 2.05) is 4.90 Å². The Morgan fingerprint density at radius 2 is 1.85 bits per heavy atom. The van der Waals surface area contributed by atoms with Crippen LogP contribution in [0.25, 0.3) is 0 Å². The Morgan fingerprint density at radius 3 is 2.50 bits per heavy atom. The van der Waals surface area contributed by atoms with Gasteiger partial charge in [0.15, 0.2) is 0 Å². The first-order valence-corrected chi connectivity index (χ1v) is 9.02. The smallest absolute Gasteiger partial charge is 0.292 e. The lowest BCUT2D eigenvalue weighted by Crippen LogP contribution is -2.51. The molecule has 1 aliphatic rings. The van der Waals surface area contributed by atoms with E-state index >= 15 is 0 Å². The third-order valence-electron chi connectivity index (χ3n) is 4.20. The number of nitrogens with one attached hydrogen (secondary N) is 1. The van der Waals surface area contributed by atoms with E-state index in [0.29, 0.717) is 36.7 Å². The summed E-state index contributed by atoms with van der Waals surface area (Å²) in [6.07, 6.45) is 0. The molecule has 1 N–H and O–H groups in total. The van der Waals surface area contributed by atoms with Crippen LogP contribution in [0, 0.1) is 10.1 Å². The predicted molar refractivity (Wildman–Crippen MR) is 98.5 cm³/mol. The maximum atomic E-state index is 12.3. The Bertz CT molecular complexity index is 801. The highest BCUT2D eigenvalue weighted by Gasteiger charge is 2.25. The van der Waals surface area contributed by atoms with Crippen molar-refractivity contribution >= 4 is 34.5 Å². The zero-order chi connectivity index (χ0) is 18.5. The number of rotatable bonds is 5. The highest BCUT2D eigenvalue weighted by atomic mass is 32.1. The zero-order valence-electron chi connectivity index (χ0n) is 14.0. The minimum atomic E-state index is -0.396. The number of benzene rings is 1. The van der Waals surface area contributed by atoms with Crippen LogP contribution in [0.2, 0.25) is 0 Å². The van der Waals surface area contributed by atoms with E-state index in [-0.39, 0.29) is 24.0 Å². The Morgan fingerprint density at radius 1 is 1.12 bits per heavy atom. The van der Waals surface area contributed by atoms with Crippen LogP contribution in [-0.2, 0) is 4.79 Å². The van der Waals surface area contributed by atoms with Gasteiger partial charge in [0.05, 0.1) is 16.3 Å². The summed E-state index contributed by atoms with van der Waals surface area (Å²) in [5, 5.41) is 15.6. The van der Waals surface area contributed by atoms with Gasteiger partial charge in [-0.15, -0.1) is 11.3 Å². The molecule has 1 fully saturated rings. The molecule has 3 rings (SSSR count). The summed E-state index contributed by atoms with van der Waals surface area (Å²) in [7, 11) is 0. The molecular weight excluding hydrogens is 356 g/mol. The second kappa shape index (κ2) is 7.96. The molecule has 26 heavy (non-hydrogen) atoms. The van der Waals surface area contributed by atoms with E-state index < -0.39 is 4.92 Å². The number of hydrogen-bond donors (Lipinski definition) is 1. The van der Waals surface area contributed by atoms with E-state index in [1.54, 1.807) is 40.6 Å². The quantitative estimate of drug-likeness (QED) is 0.635. The third kappa shape index (κ3) is 3.99. The molecule has 0 bridgehead atoms. The number of nitro benzene ring substituents is 1. The molecule has 0 spiro atoms. The van der Waals surface area contributed by atoms with Crippen LogP contribution in [0.1, 0.15) is 9.67 Å². The lowest BCUT2D eigenvalue weighted by atomic mass is 10.2. The van der Waals surface area contributed by atoms with Crippen LogP contribution in [0.4, 0.5) is 11.4 Å². The van der Waals surface area contributed by atoms with Gasteiger partial charge in [-0.05, 0) is 17.5 Å². The number of nitrogens with zero attached hydrogens (tertiary/aromatic N) is 3. The summed E-state index contributed by atoms with van der Waals surface area (Å²) in [6.45, 7) is 1.88. The van der Waals surface area contributed by atoms with Gasteiger partial charge in [0, 0.05) is 32.2 Å². The van der Waals surface area contributed by atoms with Gasteiger partial charge >= 0.3 is 0 Å². The molecule has 0 saturated carbocycles. The molecule has 1 saturated heterocycles. The summed E-state index contributed by atoms with van der Waals surface area (Å²) < 4.78 is 0. The van der Waals surface area contributed by atoms with Crippen LogP contribution in [0.3, 0.4) is 0 Å². The largest absolute Gasteiger partial charge is 0.362 e. The standard InChI is InChI=1S/C17H18N4O4S/c22-16(12-18-17(23)15-6-3-11-26-15)20-9-7-19(8-10-20)13-4-1-2-5-14(13)21(24)25/h1-6,11H,7-10,12H2,(H,18,23). The molecule has 1 aromatic heterocycles. The minimum absolute atomic E-state index is 0.0534. The first-order valence-electron chi connectivity index (χ1n) is 8.14. The zero-order valence-corrected chi connectivity index (χ0v) is 14.8. The van der Waals surface area contributed by atoms with Gasteiger partial charge < -0.3 is 15.1 Å². The molecule has 9 heteroatoms. The molecule has 1 aliphatic heterocycles. The van der Waals surface area contributed by atoms with E-state index in [4.69, 9.17) is 0 Å². The molecule has 2 amide bonds. The first kappa shape index (κ1) is 17.9. The number of carbonyl (C=O) groups is 2. The molecule has 2 aromatic rings. The molecule has 0 aliphatic carbocycles. The van der Waals surface area contributed by atoms with E-state index in [0.717, 1.165) is 0 Å². The van der Waals surface area contributed by atoms with Crippen molar-refractivity contribution in [1.82, 2.24) is 10.2 Å². The second-order valence-corrected chi connectivity index (χ2v) is 6.72. The fourth-order valence-corrected chi connectivity index (χ4v) is 3.49. The van der Waals surface area contributed by atoms with Crippen LogP contribution < -0.4 is 10.2 Å².